The molecule has 17 heteroatoms. The van der Waals surface area contributed by atoms with E-state index < -0.39 is 58.3 Å². The topological polar surface area (TPSA) is 96.5 Å². The number of rotatable bonds is 12. The first-order chi connectivity index (χ1) is 30.5. The molecule has 0 aliphatic carbocycles. The summed E-state index contributed by atoms with van der Waals surface area (Å²) in [7, 11) is -13.7. The number of nitrogens with zero attached hydrogens (tertiary/aromatic N) is 2. The molecule has 0 saturated heterocycles. The van der Waals surface area contributed by atoms with Crippen molar-refractivity contribution in [3.05, 3.63) is 204 Å². The maximum absolute atomic E-state index is 13.1. The molecule has 336 valence electrons. The van der Waals surface area contributed by atoms with Gasteiger partial charge in [0.2, 0.25) is 0 Å². The summed E-state index contributed by atoms with van der Waals surface area (Å²) in [4.78, 5) is 0. The van der Waals surface area contributed by atoms with Gasteiger partial charge in [0.1, 0.15) is 12.3 Å². The Balaban J connectivity index is 0.000000218. The van der Waals surface area contributed by atoms with E-state index in [2.05, 4.69) is 131 Å². The summed E-state index contributed by atoms with van der Waals surface area (Å²) in [6.07, 6.45) is 2.52. The quantitative estimate of drug-likeness (QED) is 0.0692. The molecule has 0 amide bonds. The molecule has 0 aromatic heterocycles. The molecular weight excluding hydrogens is 1020 g/mol. The minimum absolute atomic E-state index is 0. The number of hydrogen-bond donors (Lipinski definition) is 0. The fraction of sp³-hybridized carbons (Fsp3) is 0.0833. The van der Waals surface area contributed by atoms with Crippen molar-refractivity contribution in [1.82, 2.24) is 0 Å². The summed E-state index contributed by atoms with van der Waals surface area (Å²) in [5, 5.41) is 7.01. The normalized spacial score (nSPS) is 12.1. The van der Waals surface area contributed by atoms with Gasteiger partial charge in [-0.15, -0.1) is 11.4 Å². The zero-order chi connectivity index (χ0) is 45.5. The number of halogens is 6. The van der Waals surface area contributed by atoms with Crippen molar-refractivity contribution < 1.29 is 63.6 Å². The number of hydrogen-bond acceptors (Lipinski definition) is 4. The monoisotopic (exact) mass is 1050 g/mol. The van der Waals surface area contributed by atoms with Gasteiger partial charge in [0.05, 0.1) is 37.1 Å². The van der Waals surface area contributed by atoms with Gasteiger partial charge in [0.25, 0.3) is 0 Å². The van der Waals surface area contributed by atoms with E-state index in [0.717, 1.165) is 12.1 Å². The Morgan fingerprint density at radius 2 is 0.631 bits per heavy atom. The molecule has 8 rings (SSSR count). The number of fused-ring (bicyclic) bond motifs is 2. The average Bonchev–Trinajstić information content (AvgIpc) is 3.28. The first-order valence-corrected chi connectivity index (χ1v) is 25.9. The third-order valence-electron chi connectivity index (χ3n) is 10.2. The molecular formula is C48H38F6N2O4P2PdS2+2. The van der Waals surface area contributed by atoms with Gasteiger partial charge in [0.15, 0.2) is 20.0 Å². The number of alkyl halides is 6. The molecule has 0 unspecified atom stereocenters. The smallest absolute Gasteiger partial charge is 0.569 e. The van der Waals surface area contributed by atoms with Crippen LogP contribution in [0.3, 0.4) is 0 Å². The van der Waals surface area contributed by atoms with E-state index >= 15 is 0 Å². The van der Waals surface area contributed by atoms with Crippen molar-refractivity contribution in [2.24, 2.45) is 0 Å². The fourth-order valence-electron chi connectivity index (χ4n) is 7.28. The molecule has 0 N–H and O–H groups in total. The molecule has 0 aliphatic rings. The zero-order valence-electron chi connectivity index (χ0n) is 33.8. The second-order valence-electron chi connectivity index (χ2n) is 14.3. The predicted molar refractivity (Wildman–Crippen MR) is 254 cm³/mol. The third kappa shape index (κ3) is 11.6. The Kier molecular flexibility index (Phi) is 15.9. The van der Waals surface area contributed by atoms with Crippen LogP contribution in [0.1, 0.15) is 0 Å². The van der Waals surface area contributed by atoms with Crippen molar-refractivity contribution >= 4 is 90.0 Å². The van der Waals surface area contributed by atoms with Crippen molar-refractivity contribution in [1.29, 1.82) is 0 Å². The predicted octanol–water partition coefficient (Wildman–Crippen LogP) is 12.1. The van der Waals surface area contributed by atoms with E-state index in [1.807, 2.05) is 0 Å². The molecule has 0 aliphatic heterocycles. The van der Waals surface area contributed by atoms with Gasteiger partial charge in [0, 0.05) is 0 Å². The average molecular weight is 1050 g/mol. The molecule has 0 radical (unpaired) electrons. The van der Waals surface area contributed by atoms with Gasteiger partial charge >= 0.3 is 31.4 Å². The Morgan fingerprint density at radius 3 is 0.908 bits per heavy atom. The van der Waals surface area contributed by atoms with Crippen molar-refractivity contribution in [2.75, 3.05) is 12.3 Å². The van der Waals surface area contributed by atoms with E-state index in [9.17, 15) is 43.2 Å². The molecule has 8 aromatic carbocycles. The summed E-state index contributed by atoms with van der Waals surface area (Å²) < 4.78 is 132. The Labute approximate surface area is 389 Å². The van der Waals surface area contributed by atoms with Crippen molar-refractivity contribution in [3.8, 4) is 11.1 Å². The Bertz CT molecular complexity index is 2790. The minimum Gasteiger partial charge on any atom is -0.569 e. The molecule has 0 fully saturated rings. The molecule has 6 nitrogen and oxygen atoms in total. The van der Waals surface area contributed by atoms with E-state index in [-0.39, 0.29) is 42.3 Å². The second kappa shape index (κ2) is 21.0. The third-order valence-corrected chi connectivity index (χ3v) is 18.4. The van der Waals surface area contributed by atoms with Crippen LogP contribution < -0.4 is 21.2 Å². The summed E-state index contributed by atoms with van der Waals surface area (Å²) >= 11 is 0. The number of benzene rings is 8. The summed E-state index contributed by atoms with van der Waals surface area (Å²) in [6.45, 7) is 0. The van der Waals surface area contributed by atoms with Gasteiger partial charge in [-0.3, -0.25) is 0 Å². The maximum Gasteiger partial charge on any atom is 2.00 e. The van der Waals surface area contributed by atoms with E-state index in [0.29, 0.717) is 10.8 Å². The molecule has 0 saturated carbocycles. The standard InChI is InChI=1S/C26H24P2.C22H12F6N2O4S2.Pd/c1-5-13-23(14-6-1)27(24-15-7-2-8-16-24)21-22-28(25-17-9-3-10-18-25)26-19-11-4-12-20-26;23-21(24,25)35(31,32)29-17-11-9-13-5-1-3-7-15(13)19(17)20-16-8-4-2-6-14(16)10-12-18(20)30-36(33,34)22(26,27)28;/h1-20H,21-22H2;1-12H;/q;-2;+2/p+2. The zero-order valence-corrected chi connectivity index (χ0v) is 39.0. The summed E-state index contributed by atoms with van der Waals surface area (Å²) in [5.74, 6) is 0. The largest absolute Gasteiger partial charge is 2.00 e. The molecule has 8 aromatic rings. The van der Waals surface area contributed by atoms with Crippen LogP contribution in [0.5, 0.6) is 0 Å². The van der Waals surface area contributed by atoms with Crippen LogP contribution in [0.15, 0.2) is 194 Å². The van der Waals surface area contributed by atoms with Gasteiger partial charge in [-0.25, -0.2) is 16.8 Å². The SMILES string of the molecule is O=S(=O)([N-]c1ccc2ccccc2c1-c1c([N-]S(=O)(=O)C(F)(F)F)ccc2ccccc12)C(F)(F)F.[Pd+2].c1ccc([PH+](CC[PH+](c2ccccc2)c2ccccc2)c2ccccc2)cc1. The first-order valence-electron chi connectivity index (χ1n) is 19.6. The van der Waals surface area contributed by atoms with Gasteiger partial charge < -0.3 is 9.44 Å². The van der Waals surface area contributed by atoms with Crippen LogP contribution in [0.25, 0.3) is 42.1 Å². The second-order valence-corrected chi connectivity index (χ2v) is 22.7. The molecule has 0 atom stereocenters. The molecule has 0 heterocycles. The molecule has 0 spiro atoms. The molecule has 0 bridgehead atoms. The van der Waals surface area contributed by atoms with Gasteiger partial charge in [-0.05, 0) is 81.2 Å². The molecule has 65 heavy (non-hydrogen) atoms. The summed E-state index contributed by atoms with van der Waals surface area (Å²) in [6, 6.07) is 60.8. The summed E-state index contributed by atoms with van der Waals surface area (Å²) in [5.41, 5.74) is -13.7. The van der Waals surface area contributed by atoms with Gasteiger partial charge in [-0.1, -0.05) is 146 Å². The van der Waals surface area contributed by atoms with Crippen LogP contribution >= 0.6 is 15.8 Å². The fourth-order valence-corrected chi connectivity index (χ4v) is 14.5. The number of sulfonamides is 2. The van der Waals surface area contributed by atoms with E-state index in [1.54, 1.807) is 12.1 Å². The van der Waals surface area contributed by atoms with Crippen molar-refractivity contribution in [3.63, 3.8) is 0 Å². The van der Waals surface area contributed by atoms with Crippen LogP contribution in [0, 0.1) is 0 Å². The van der Waals surface area contributed by atoms with Gasteiger partial charge in [-0.2, -0.15) is 26.3 Å². The maximum atomic E-state index is 13.1. The van der Waals surface area contributed by atoms with Crippen LogP contribution in [-0.4, -0.2) is 40.2 Å². The van der Waals surface area contributed by atoms with Crippen LogP contribution in [-0.2, 0) is 40.5 Å². The Morgan fingerprint density at radius 1 is 0.369 bits per heavy atom. The van der Waals surface area contributed by atoms with Crippen LogP contribution in [0.2, 0.25) is 0 Å². The first kappa shape index (κ1) is 49.3. The van der Waals surface area contributed by atoms with E-state index in [4.69, 9.17) is 0 Å². The van der Waals surface area contributed by atoms with Crippen LogP contribution in [0.4, 0.5) is 37.7 Å². The minimum atomic E-state index is -6.08. The van der Waals surface area contributed by atoms with Crippen molar-refractivity contribution in [2.45, 2.75) is 11.0 Å². The Hall–Kier alpha value is -5.12. The van der Waals surface area contributed by atoms with E-state index in [1.165, 1.54) is 82.1 Å².